The summed E-state index contributed by atoms with van der Waals surface area (Å²) in [5.41, 5.74) is 2.75. The van der Waals surface area contributed by atoms with Gasteiger partial charge in [-0.2, -0.15) is 0 Å². The zero-order valence-corrected chi connectivity index (χ0v) is 11.3. The van der Waals surface area contributed by atoms with Gasteiger partial charge in [-0.25, -0.2) is 4.79 Å². The van der Waals surface area contributed by atoms with Crippen molar-refractivity contribution in [1.82, 2.24) is 16.0 Å². The molecule has 3 amide bonds. The van der Waals surface area contributed by atoms with Gasteiger partial charge in [0, 0.05) is 19.0 Å². The third-order valence-electron chi connectivity index (χ3n) is 4.10. The molecule has 0 saturated carbocycles. The first-order valence-electron chi connectivity index (χ1n) is 7.14. The third kappa shape index (κ3) is 2.61. The molecule has 1 fully saturated rings. The molecular formula is C15H19N3O2. The van der Waals surface area contributed by atoms with Crippen molar-refractivity contribution in [2.45, 2.75) is 31.2 Å². The topological polar surface area (TPSA) is 70.2 Å². The van der Waals surface area contributed by atoms with Crippen LogP contribution in [0.4, 0.5) is 4.79 Å². The lowest BCUT2D eigenvalue weighted by atomic mass is 9.83. The minimum Gasteiger partial charge on any atom is -0.354 e. The molecule has 5 heteroatoms. The van der Waals surface area contributed by atoms with Gasteiger partial charge in [-0.3, -0.25) is 4.79 Å². The first kappa shape index (κ1) is 13.0. The molecule has 1 saturated heterocycles. The van der Waals surface area contributed by atoms with E-state index in [-0.39, 0.29) is 11.9 Å². The van der Waals surface area contributed by atoms with Crippen LogP contribution in [0.3, 0.4) is 0 Å². The smallest absolute Gasteiger partial charge is 0.315 e. The second kappa shape index (κ2) is 5.53. The molecule has 3 rings (SSSR count). The Balaban J connectivity index is 1.59. The Morgan fingerprint density at radius 3 is 3.00 bits per heavy atom. The summed E-state index contributed by atoms with van der Waals surface area (Å²) >= 11 is 0. The number of aryl methyl sites for hydroxylation is 1. The molecule has 2 atom stereocenters. The van der Waals surface area contributed by atoms with E-state index in [2.05, 4.69) is 40.2 Å². The number of hydrogen-bond acceptors (Lipinski definition) is 2. The number of hydrogen-bond donors (Lipinski definition) is 3. The van der Waals surface area contributed by atoms with Crippen LogP contribution < -0.4 is 16.0 Å². The summed E-state index contributed by atoms with van der Waals surface area (Å²) in [6.45, 7) is 1.01. The molecule has 0 aromatic heterocycles. The summed E-state index contributed by atoms with van der Waals surface area (Å²) in [5, 5.41) is 8.15. The number of fused-ring (bicyclic) bond motifs is 1. The van der Waals surface area contributed by atoms with Crippen LogP contribution in [0.25, 0.3) is 0 Å². The van der Waals surface area contributed by atoms with Crippen molar-refractivity contribution in [1.29, 1.82) is 0 Å². The lowest BCUT2D eigenvalue weighted by Gasteiger charge is -2.26. The fraction of sp³-hybridized carbons (Fsp3) is 0.467. The van der Waals surface area contributed by atoms with Crippen LogP contribution >= 0.6 is 0 Å². The normalized spacial score (nSPS) is 24.5. The van der Waals surface area contributed by atoms with Crippen molar-refractivity contribution in [3.63, 3.8) is 0 Å². The molecule has 1 heterocycles. The van der Waals surface area contributed by atoms with Gasteiger partial charge in [0.15, 0.2) is 0 Å². The van der Waals surface area contributed by atoms with Crippen molar-refractivity contribution in [3.8, 4) is 0 Å². The zero-order valence-electron chi connectivity index (χ0n) is 11.3. The fourth-order valence-corrected chi connectivity index (χ4v) is 3.03. The van der Waals surface area contributed by atoms with Gasteiger partial charge >= 0.3 is 6.03 Å². The highest BCUT2D eigenvalue weighted by atomic mass is 16.2. The Kier molecular flexibility index (Phi) is 3.58. The Morgan fingerprint density at radius 2 is 2.20 bits per heavy atom. The molecule has 1 aliphatic heterocycles. The summed E-state index contributed by atoms with van der Waals surface area (Å²) in [4.78, 5) is 23.0. The summed E-state index contributed by atoms with van der Waals surface area (Å²) in [6, 6.07) is 7.74. The van der Waals surface area contributed by atoms with Crippen molar-refractivity contribution < 1.29 is 9.59 Å². The van der Waals surface area contributed by atoms with E-state index in [0.29, 0.717) is 19.0 Å². The second-order valence-electron chi connectivity index (χ2n) is 5.44. The van der Waals surface area contributed by atoms with Crippen molar-refractivity contribution in [2.24, 2.45) is 0 Å². The molecule has 5 nitrogen and oxygen atoms in total. The van der Waals surface area contributed by atoms with Gasteiger partial charge in [0.1, 0.15) is 6.04 Å². The highest BCUT2D eigenvalue weighted by molar-refractivity contribution is 5.90. The van der Waals surface area contributed by atoms with E-state index in [9.17, 15) is 9.59 Å². The number of carbonyl (C=O) groups is 2. The maximum atomic E-state index is 12.0. The van der Waals surface area contributed by atoms with Crippen LogP contribution in [-0.4, -0.2) is 31.1 Å². The van der Waals surface area contributed by atoms with Crippen LogP contribution in [-0.2, 0) is 11.2 Å². The molecule has 0 bridgehead atoms. The van der Waals surface area contributed by atoms with Gasteiger partial charge in [-0.1, -0.05) is 24.3 Å². The van der Waals surface area contributed by atoms with E-state index in [1.807, 2.05) is 0 Å². The first-order chi connectivity index (χ1) is 9.74. The molecule has 1 aliphatic carbocycles. The highest BCUT2D eigenvalue weighted by Gasteiger charge is 2.27. The van der Waals surface area contributed by atoms with Crippen LogP contribution in [0.15, 0.2) is 24.3 Å². The van der Waals surface area contributed by atoms with Crippen LogP contribution in [0, 0.1) is 0 Å². The van der Waals surface area contributed by atoms with Crippen molar-refractivity contribution in [3.05, 3.63) is 35.4 Å². The van der Waals surface area contributed by atoms with Gasteiger partial charge in [0.2, 0.25) is 5.91 Å². The molecule has 1 aromatic rings. The molecule has 106 valence electrons. The Morgan fingerprint density at radius 1 is 1.35 bits per heavy atom. The molecule has 3 N–H and O–H groups in total. The molecule has 0 spiro atoms. The van der Waals surface area contributed by atoms with Crippen molar-refractivity contribution >= 4 is 11.9 Å². The van der Waals surface area contributed by atoms with E-state index in [1.165, 1.54) is 17.5 Å². The minimum absolute atomic E-state index is 0.105. The predicted octanol–water partition coefficient (Wildman–Crippen LogP) is 0.904. The van der Waals surface area contributed by atoms with Crippen LogP contribution in [0.2, 0.25) is 0 Å². The molecule has 0 radical (unpaired) electrons. The maximum absolute atomic E-state index is 12.0. The molecule has 1 aromatic carbocycles. The summed E-state index contributed by atoms with van der Waals surface area (Å²) in [5.74, 6) is 0.278. The Labute approximate surface area is 118 Å². The van der Waals surface area contributed by atoms with E-state index in [1.54, 1.807) is 0 Å². The van der Waals surface area contributed by atoms with Gasteiger partial charge in [-0.15, -0.1) is 0 Å². The molecule has 2 aliphatic rings. The SMILES string of the molecule is O=C1NC[C@@H](C(=O)NC[C@H]2CCCc3ccccc32)N1. The number of carbonyl (C=O) groups excluding carboxylic acids is 2. The summed E-state index contributed by atoms with van der Waals surface area (Å²) in [7, 11) is 0. The Bertz CT molecular complexity index is 530. The van der Waals surface area contributed by atoms with Gasteiger partial charge in [0.25, 0.3) is 0 Å². The van der Waals surface area contributed by atoms with Gasteiger partial charge < -0.3 is 16.0 Å². The molecule has 0 unspecified atom stereocenters. The Hall–Kier alpha value is -2.04. The predicted molar refractivity (Wildman–Crippen MR) is 75.5 cm³/mol. The average molecular weight is 273 g/mol. The lowest BCUT2D eigenvalue weighted by Crippen LogP contribution is -2.44. The summed E-state index contributed by atoms with van der Waals surface area (Å²) < 4.78 is 0. The monoisotopic (exact) mass is 273 g/mol. The largest absolute Gasteiger partial charge is 0.354 e. The maximum Gasteiger partial charge on any atom is 0.315 e. The third-order valence-corrected chi connectivity index (χ3v) is 4.10. The first-order valence-corrected chi connectivity index (χ1v) is 7.14. The number of nitrogens with one attached hydrogen (secondary N) is 3. The average Bonchev–Trinajstić information content (AvgIpc) is 2.91. The van der Waals surface area contributed by atoms with Gasteiger partial charge in [0.05, 0.1) is 0 Å². The second-order valence-corrected chi connectivity index (χ2v) is 5.44. The lowest BCUT2D eigenvalue weighted by molar-refractivity contribution is -0.122. The number of amides is 3. The van der Waals surface area contributed by atoms with E-state index in [4.69, 9.17) is 0 Å². The van der Waals surface area contributed by atoms with Crippen LogP contribution in [0.5, 0.6) is 0 Å². The number of rotatable bonds is 3. The summed E-state index contributed by atoms with van der Waals surface area (Å²) in [6.07, 6.45) is 3.40. The fourth-order valence-electron chi connectivity index (χ4n) is 3.03. The quantitative estimate of drug-likeness (QED) is 0.766. The highest BCUT2D eigenvalue weighted by Crippen LogP contribution is 2.30. The number of benzene rings is 1. The zero-order chi connectivity index (χ0) is 13.9. The number of urea groups is 1. The minimum atomic E-state index is -0.443. The molecular weight excluding hydrogens is 254 g/mol. The van der Waals surface area contributed by atoms with Gasteiger partial charge in [-0.05, 0) is 30.4 Å². The van der Waals surface area contributed by atoms with E-state index < -0.39 is 6.04 Å². The van der Waals surface area contributed by atoms with E-state index >= 15 is 0 Å². The van der Waals surface area contributed by atoms with Crippen LogP contribution in [0.1, 0.15) is 29.9 Å². The molecule has 20 heavy (non-hydrogen) atoms. The van der Waals surface area contributed by atoms with Crippen molar-refractivity contribution in [2.75, 3.05) is 13.1 Å². The standard InChI is InChI=1S/C15H19N3O2/c19-14(13-9-17-15(20)18-13)16-8-11-6-3-5-10-4-1-2-7-12(10)11/h1-2,4,7,11,13H,3,5-6,8-9H2,(H,16,19)(H2,17,18,20)/t11-,13+/m1/s1. The van der Waals surface area contributed by atoms with E-state index in [0.717, 1.165) is 12.8 Å².